The SMILES string of the molecule is CNC(=O)[C@H]1CCCN(c2ncnn3c(Br)ccc23)C1. The molecule has 0 aliphatic carbocycles. The highest BCUT2D eigenvalue weighted by molar-refractivity contribution is 9.10. The molecule has 2 aromatic heterocycles. The van der Waals surface area contributed by atoms with Crippen LogP contribution >= 0.6 is 15.9 Å². The zero-order chi connectivity index (χ0) is 14.1. The fraction of sp³-hybridized carbons (Fsp3) is 0.462. The van der Waals surface area contributed by atoms with E-state index in [1.54, 1.807) is 13.4 Å². The normalized spacial score (nSPS) is 19.3. The van der Waals surface area contributed by atoms with Gasteiger partial charge in [-0.3, -0.25) is 4.79 Å². The molecule has 1 aliphatic heterocycles. The zero-order valence-electron chi connectivity index (χ0n) is 11.2. The molecule has 0 spiro atoms. The number of fused-ring (bicyclic) bond motifs is 1. The summed E-state index contributed by atoms with van der Waals surface area (Å²) in [6.45, 7) is 1.62. The molecule has 20 heavy (non-hydrogen) atoms. The Balaban J connectivity index is 1.92. The average Bonchev–Trinajstić information content (AvgIpc) is 2.88. The Labute approximate surface area is 125 Å². The van der Waals surface area contributed by atoms with Crippen LogP contribution < -0.4 is 10.2 Å². The molecule has 0 bridgehead atoms. The Kier molecular flexibility index (Phi) is 3.60. The van der Waals surface area contributed by atoms with Crippen molar-refractivity contribution in [3.05, 3.63) is 23.1 Å². The van der Waals surface area contributed by atoms with Crippen molar-refractivity contribution in [2.45, 2.75) is 12.8 Å². The van der Waals surface area contributed by atoms with Crippen LogP contribution in [0, 0.1) is 5.92 Å². The van der Waals surface area contributed by atoms with Crippen molar-refractivity contribution in [3.63, 3.8) is 0 Å². The molecule has 6 nitrogen and oxygen atoms in total. The van der Waals surface area contributed by atoms with Crippen LogP contribution in [0.25, 0.3) is 5.52 Å². The molecule has 3 rings (SSSR count). The number of rotatable bonds is 2. The lowest BCUT2D eigenvalue weighted by molar-refractivity contribution is -0.124. The van der Waals surface area contributed by atoms with Gasteiger partial charge in [0.25, 0.3) is 0 Å². The monoisotopic (exact) mass is 337 g/mol. The first-order chi connectivity index (χ1) is 9.70. The maximum Gasteiger partial charge on any atom is 0.224 e. The number of aromatic nitrogens is 3. The second-order valence-corrected chi connectivity index (χ2v) is 5.75. The number of piperidine rings is 1. The topological polar surface area (TPSA) is 62.5 Å². The number of nitrogens with one attached hydrogen (secondary N) is 1. The van der Waals surface area contributed by atoms with Crippen LogP contribution in [0.1, 0.15) is 12.8 Å². The Hall–Kier alpha value is -1.63. The Morgan fingerprint density at radius 3 is 3.15 bits per heavy atom. The fourth-order valence-corrected chi connectivity index (χ4v) is 3.13. The van der Waals surface area contributed by atoms with E-state index >= 15 is 0 Å². The zero-order valence-corrected chi connectivity index (χ0v) is 12.8. The molecule has 3 heterocycles. The third-order valence-corrected chi connectivity index (χ3v) is 4.32. The van der Waals surface area contributed by atoms with Crippen LogP contribution in [0.3, 0.4) is 0 Å². The van der Waals surface area contributed by atoms with Crippen molar-refractivity contribution in [3.8, 4) is 0 Å². The van der Waals surface area contributed by atoms with Crippen molar-refractivity contribution >= 4 is 33.2 Å². The molecule has 1 aliphatic rings. The van der Waals surface area contributed by atoms with E-state index in [0.717, 1.165) is 35.3 Å². The molecule has 0 unspecified atom stereocenters. The van der Waals surface area contributed by atoms with Crippen LogP contribution in [0.2, 0.25) is 0 Å². The van der Waals surface area contributed by atoms with Crippen molar-refractivity contribution < 1.29 is 4.79 Å². The summed E-state index contributed by atoms with van der Waals surface area (Å²) in [4.78, 5) is 18.4. The lowest BCUT2D eigenvalue weighted by Gasteiger charge is -2.32. The van der Waals surface area contributed by atoms with Gasteiger partial charge in [-0.1, -0.05) is 0 Å². The van der Waals surface area contributed by atoms with Crippen LogP contribution in [-0.4, -0.2) is 40.6 Å². The molecule has 0 saturated carbocycles. The second kappa shape index (κ2) is 5.40. The lowest BCUT2D eigenvalue weighted by atomic mass is 9.97. The van der Waals surface area contributed by atoms with Crippen LogP contribution in [0.4, 0.5) is 5.82 Å². The third-order valence-electron chi connectivity index (χ3n) is 3.72. The van der Waals surface area contributed by atoms with Gasteiger partial charge in [-0.2, -0.15) is 5.10 Å². The van der Waals surface area contributed by atoms with Gasteiger partial charge in [0.1, 0.15) is 16.4 Å². The number of hydrogen-bond acceptors (Lipinski definition) is 4. The van der Waals surface area contributed by atoms with Gasteiger partial charge in [0, 0.05) is 20.1 Å². The van der Waals surface area contributed by atoms with E-state index < -0.39 is 0 Å². The minimum atomic E-state index is 0.0298. The minimum absolute atomic E-state index is 0.0298. The van der Waals surface area contributed by atoms with Gasteiger partial charge in [0.15, 0.2) is 5.82 Å². The molecule has 1 amide bonds. The highest BCUT2D eigenvalue weighted by atomic mass is 79.9. The van der Waals surface area contributed by atoms with Gasteiger partial charge < -0.3 is 10.2 Å². The average molecular weight is 338 g/mol. The fourth-order valence-electron chi connectivity index (χ4n) is 2.72. The first kappa shape index (κ1) is 13.4. The maximum absolute atomic E-state index is 11.8. The Bertz CT molecular complexity index is 641. The number of amides is 1. The predicted octanol–water partition coefficient (Wildman–Crippen LogP) is 1.45. The summed E-state index contributed by atoms with van der Waals surface area (Å²) in [5, 5.41) is 6.96. The van der Waals surface area contributed by atoms with Crippen LogP contribution in [-0.2, 0) is 4.79 Å². The minimum Gasteiger partial charge on any atom is -0.359 e. The number of carbonyl (C=O) groups excluding carboxylic acids is 1. The Morgan fingerprint density at radius 2 is 2.35 bits per heavy atom. The van der Waals surface area contributed by atoms with E-state index in [0.29, 0.717) is 6.54 Å². The molecule has 0 radical (unpaired) electrons. The summed E-state index contributed by atoms with van der Waals surface area (Å²) in [6, 6.07) is 3.94. The number of carbonyl (C=O) groups is 1. The van der Waals surface area contributed by atoms with E-state index in [9.17, 15) is 4.79 Å². The molecular weight excluding hydrogens is 322 g/mol. The molecule has 1 atom stereocenters. The smallest absolute Gasteiger partial charge is 0.224 e. The van der Waals surface area contributed by atoms with E-state index in [4.69, 9.17) is 0 Å². The van der Waals surface area contributed by atoms with Crippen molar-refractivity contribution in [1.82, 2.24) is 19.9 Å². The van der Waals surface area contributed by atoms with Gasteiger partial charge in [-0.25, -0.2) is 9.50 Å². The highest BCUT2D eigenvalue weighted by Crippen LogP contribution is 2.27. The molecule has 7 heteroatoms. The lowest BCUT2D eigenvalue weighted by Crippen LogP contribution is -2.42. The summed E-state index contributed by atoms with van der Waals surface area (Å²) >= 11 is 3.46. The van der Waals surface area contributed by atoms with E-state index in [1.165, 1.54) is 0 Å². The van der Waals surface area contributed by atoms with Crippen molar-refractivity contribution in [2.24, 2.45) is 5.92 Å². The van der Waals surface area contributed by atoms with Crippen LogP contribution in [0.15, 0.2) is 23.1 Å². The number of halogens is 1. The summed E-state index contributed by atoms with van der Waals surface area (Å²) in [5.74, 6) is 1.03. The Morgan fingerprint density at radius 1 is 1.50 bits per heavy atom. The van der Waals surface area contributed by atoms with E-state index in [2.05, 4.69) is 36.2 Å². The highest BCUT2D eigenvalue weighted by Gasteiger charge is 2.27. The number of hydrogen-bond donors (Lipinski definition) is 1. The van der Waals surface area contributed by atoms with Crippen LogP contribution in [0.5, 0.6) is 0 Å². The largest absolute Gasteiger partial charge is 0.359 e. The van der Waals surface area contributed by atoms with Crippen molar-refractivity contribution in [2.75, 3.05) is 25.0 Å². The van der Waals surface area contributed by atoms with Crippen molar-refractivity contribution in [1.29, 1.82) is 0 Å². The first-order valence-electron chi connectivity index (χ1n) is 6.65. The summed E-state index contributed by atoms with van der Waals surface area (Å²) in [7, 11) is 1.69. The summed E-state index contributed by atoms with van der Waals surface area (Å²) < 4.78 is 2.71. The van der Waals surface area contributed by atoms with Gasteiger partial charge in [-0.05, 0) is 40.9 Å². The van der Waals surface area contributed by atoms with E-state index in [1.807, 2.05) is 16.6 Å². The summed E-state index contributed by atoms with van der Waals surface area (Å²) in [6.07, 6.45) is 3.48. The van der Waals surface area contributed by atoms with Gasteiger partial charge >= 0.3 is 0 Å². The molecular formula is C13H16BrN5O. The quantitative estimate of drug-likeness (QED) is 0.900. The first-order valence-corrected chi connectivity index (χ1v) is 7.45. The van der Waals surface area contributed by atoms with E-state index in [-0.39, 0.29) is 11.8 Å². The van der Waals surface area contributed by atoms with Gasteiger partial charge in [-0.15, -0.1) is 0 Å². The maximum atomic E-state index is 11.8. The molecule has 2 aromatic rings. The molecule has 0 aromatic carbocycles. The third kappa shape index (κ3) is 2.26. The number of nitrogens with zero attached hydrogens (tertiary/aromatic N) is 4. The standard InChI is InChI=1S/C13H16BrN5O/c1-15-13(20)9-3-2-6-18(7-9)12-10-4-5-11(14)19(10)17-8-16-12/h4-5,8-9H,2-3,6-7H2,1H3,(H,15,20)/t9-/m0/s1. The molecule has 1 fully saturated rings. The molecule has 106 valence electrons. The van der Waals surface area contributed by atoms with Gasteiger partial charge in [0.2, 0.25) is 5.91 Å². The van der Waals surface area contributed by atoms with Gasteiger partial charge in [0.05, 0.1) is 5.92 Å². The molecule has 1 N–H and O–H groups in total. The molecule has 1 saturated heterocycles. The number of anilines is 1. The predicted molar refractivity (Wildman–Crippen MR) is 79.7 cm³/mol. The second-order valence-electron chi connectivity index (χ2n) is 4.94. The summed E-state index contributed by atoms with van der Waals surface area (Å²) in [5.41, 5.74) is 0.955.